The van der Waals surface area contributed by atoms with E-state index >= 15 is 0 Å². The van der Waals surface area contributed by atoms with Crippen LogP contribution in [0.1, 0.15) is 12.1 Å². The zero-order valence-electron chi connectivity index (χ0n) is 9.68. The highest BCUT2D eigenvalue weighted by Crippen LogP contribution is 2.18. The van der Waals surface area contributed by atoms with Crippen molar-refractivity contribution < 1.29 is 14.3 Å². The summed E-state index contributed by atoms with van der Waals surface area (Å²) in [5, 5.41) is 6.54. The van der Waals surface area contributed by atoms with E-state index in [1.54, 1.807) is 17.2 Å². The molecule has 17 heavy (non-hydrogen) atoms. The highest BCUT2D eigenvalue weighted by molar-refractivity contribution is 5.80. The topological polar surface area (TPSA) is 75.3 Å². The number of methoxy groups -OCH3 is 1. The number of amides is 1. The van der Waals surface area contributed by atoms with Gasteiger partial charge in [0.05, 0.1) is 19.4 Å². The van der Waals surface area contributed by atoms with Gasteiger partial charge in [0.1, 0.15) is 0 Å². The van der Waals surface area contributed by atoms with Gasteiger partial charge < -0.3 is 9.64 Å². The number of nitrogens with zero attached hydrogens (tertiary/aromatic N) is 2. The lowest BCUT2D eigenvalue weighted by atomic mass is 10.1. The van der Waals surface area contributed by atoms with E-state index < -0.39 is 0 Å². The fraction of sp³-hybridized carbons (Fsp3) is 0.545. The molecule has 1 atom stereocenters. The van der Waals surface area contributed by atoms with Crippen LogP contribution in [0.4, 0.5) is 0 Å². The molecule has 0 aromatic carbocycles. The molecular weight excluding hydrogens is 222 g/mol. The van der Waals surface area contributed by atoms with Crippen LogP contribution < -0.4 is 0 Å². The molecule has 2 heterocycles. The number of carbonyl (C=O) groups is 2. The first-order valence-electron chi connectivity index (χ1n) is 5.54. The molecule has 1 aliphatic heterocycles. The van der Waals surface area contributed by atoms with E-state index in [0.29, 0.717) is 25.9 Å². The lowest BCUT2D eigenvalue weighted by Crippen LogP contribution is -2.31. The van der Waals surface area contributed by atoms with Gasteiger partial charge in [0.2, 0.25) is 5.91 Å². The highest BCUT2D eigenvalue weighted by atomic mass is 16.5. The standard InChI is InChI=1S/C11H15N3O3/c1-17-11(16)8-3-5-14(7-8)10(15)6-9-2-4-12-13-9/h2,4,8H,3,5-7H2,1H3,(H,12,13). The van der Waals surface area contributed by atoms with Crippen LogP contribution in [0.15, 0.2) is 12.3 Å². The van der Waals surface area contributed by atoms with Crippen molar-refractivity contribution in [1.82, 2.24) is 15.1 Å². The molecule has 2 rings (SSSR count). The minimum atomic E-state index is -0.234. The third kappa shape index (κ3) is 2.64. The number of rotatable bonds is 3. The number of carbonyl (C=O) groups excluding carboxylic acids is 2. The Morgan fingerprint density at radius 1 is 1.65 bits per heavy atom. The summed E-state index contributed by atoms with van der Waals surface area (Å²) in [4.78, 5) is 24.9. The molecule has 1 aromatic rings. The Morgan fingerprint density at radius 3 is 3.12 bits per heavy atom. The van der Waals surface area contributed by atoms with Crippen LogP contribution in [-0.2, 0) is 20.7 Å². The van der Waals surface area contributed by atoms with Gasteiger partial charge in [-0.15, -0.1) is 0 Å². The fourth-order valence-corrected chi connectivity index (χ4v) is 2.00. The Balaban J connectivity index is 1.88. The van der Waals surface area contributed by atoms with Gasteiger partial charge in [0.25, 0.3) is 0 Å². The van der Waals surface area contributed by atoms with Gasteiger partial charge >= 0.3 is 5.97 Å². The lowest BCUT2D eigenvalue weighted by Gasteiger charge is -2.15. The first kappa shape index (κ1) is 11.6. The van der Waals surface area contributed by atoms with E-state index in [1.807, 2.05) is 0 Å². The molecule has 1 N–H and O–H groups in total. The molecule has 1 unspecified atom stereocenters. The predicted molar refractivity (Wildman–Crippen MR) is 59.0 cm³/mol. The van der Waals surface area contributed by atoms with E-state index in [2.05, 4.69) is 14.9 Å². The smallest absolute Gasteiger partial charge is 0.310 e. The van der Waals surface area contributed by atoms with Crippen LogP contribution in [0, 0.1) is 5.92 Å². The molecule has 0 aliphatic carbocycles. The minimum Gasteiger partial charge on any atom is -0.469 e. The van der Waals surface area contributed by atoms with Gasteiger partial charge in [-0.3, -0.25) is 14.7 Å². The second-order valence-corrected chi connectivity index (χ2v) is 4.11. The van der Waals surface area contributed by atoms with Crippen LogP contribution in [0.5, 0.6) is 0 Å². The molecule has 1 saturated heterocycles. The van der Waals surface area contributed by atoms with Gasteiger partial charge in [-0.2, -0.15) is 5.10 Å². The number of likely N-dealkylation sites (tertiary alicyclic amines) is 1. The number of hydrogen-bond donors (Lipinski definition) is 1. The van der Waals surface area contributed by atoms with Crippen molar-refractivity contribution in [3.8, 4) is 0 Å². The Morgan fingerprint density at radius 2 is 2.47 bits per heavy atom. The molecule has 6 nitrogen and oxygen atoms in total. The Bertz CT molecular complexity index is 402. The summed E-state index contributed by atoms with van der Waals surface area (Å²) in [7, 11) is 1.37. The summed E-state index contributed by atoms with van der Waals surface area (Å²) < 4.78 is 4.68. The second kappa shape index (κ2) is 4.99. The van der Waals surface area contributed by atoms with Crippen LogP contribution in [0.3, 0.4) is 0 Å². The maximum atomic E-state index is 11.9. The van der Waals surface area contributed by atoms with Gasteiger partial charge in [0, 0.05) is 25.0 Å². The van der Waals surface area contributed by atoms with E-state index in [-0.39, 0.29) is 17.8 Å². The Hall–Kier alpha value is -1.85. The predicted octanol–water partition coefficient (Wildman–Crippen LogP) is -0.0263. The van der Waals surface area contributed by atoms with Gasteiger partial charge in [-0.25, -0.2) is 0 Å². The van der Waals surface area contributed by atoms with Crippen molar-refractivity contribution in [1.29, 1.82) is 0 Å². The average molecular weight is 237 g/mol. The molecule has 1 aliphatic rings. The Kier molecular flexibility index (Phi) is 3.41. The number of aromatic nitrogens is 2. The molecule has 0 spiro atoms. The SMILES string of the molecule is COC(=O)C1CCN(C(=O)Cc2ccn[nH]2)C1. The van der Waals surface area contributed by atoms with E-state index in [0.717, 1.165) is 5.69 Å². The Labute approximate surface area is 98.9 Å². The number of ether oxygens (including phenoxy) is 1. The quantitative estimate of drug-likeness (QED) is 0.749. The van der Waals surface area contributed by atoms with Crippen LogP contribution >= 0.6 is 0 Å². The second-order valence-electron chi connectivity index (χ2n) is 4.11. The van der Waals surface area contributed by atoms with Crippen molar-refractivity contribution in [2.75, 3.05) is 20.2 Å². The number of aromatic amines is 1. The summed E-state index contributed by atoms with van der Waals surface area (Å²) in [5.41, 5.74) is 0.788. The number of H-pyrrole nitrogens is 1. The minimum absolute atomic E-state index is 0.0145. The van der Waals surface area contributed by atoms with Crippen molar-refractivity contribution in [3.63, 3.8) is 0 Å². The summed E-state index contributed by atoms with van der Waals surface area (Å²) in [6.45, 7) is 1.08. The molecular formula is C11H15N3O3. The van der Waals surface area contributed by atoms with Crippen LogP contribution in [-0.4, -0.2) is 47.2 Å². The number of nitrogens with one attached hydrogen (secondary N) is 1. The fourth-order valence-electron chi connectivity index (χ4n) is 2.00. The molecule has 92 valence electrons. The van der Waals surface area contributed by atoms with Crippen molar-refractivity contribution >= 4 is 11.9 Å². The maximum absolute atomic E-state index is 11.9. The van der Waals surface area contributed by atoms with E-state index in [4.69, 9.17) is 0 Å². The van der Waals surface area contributed by atoms with Crippen molar-refractivity contribution in [3.05, 3.63) is 18.0 Å². The molecule has 1 aromatic heterocycles. The molecule has 0 radical (unpaired) electrons. The average Bonchev–Trinajstić information content (AvgIpc) is 2.98. The van der Waals surface area contributed by atoms with Gasteiger partial charge in [-0.1, -0.05) is 0 Å². The third-order valence-corrected chi connectivity index (χ3v) is 2.98. The van der Waals surface area contributed by atoms with E-state index in [1.165, 1.54) is 7.11 Å². The van der Waals surface area contributed by atoms with Crippen molar-refractivity contribution in [2.45, 2.75) is 12.8 Å². The largest absolute Gasteiger partial charge is 0.469 e. The van der Waals surface area contributed by atoms with Crippen molar-refractivity contribution in [2.24, 2.45) is 5.92 Å². The molecule has 0 bridgehead atoms. The van der Waals surface area contributed by atoms with E-state index in [9.17, 15) is 9.59 Å². The zero-order valence-corrected chi connectivity index (χ0v) is 9.68. The number of esters is 1. The normalized spacial score (nSPS) is 19.4. The molecule has 6 heteroatoms. The number of hydrogen-bond acceptors (Lipinski definition) is 4. The molecule has 1 amide bonds. The highest BCUT2D eigenvalue weighted by Gasteiger charge is 2.31. The summed E-state index contributed by atoms with van der Waals surface area (Å²) >= 11 is 0. The summed E-state index contributed by atoms with van der Waals surface area (Å²) in [6, 6.07) is 1.77. The first-order chi connectivity index (χ1) is 8.20. The van der Waals surface area contributed by atoms with Crippen LogP contribution in [0.25, 0.3) is 0 Å². The summed E-state index contributed by atoms with van der Waals surface area (Å²) in [5.74, 6) is -0.395. The summed E-state index contributed by atoms with van der Waals surface area (Å²) in [6.07, 6.45) is 2.60. The lowest BCUT2D eigenvalue weighted by molar-refractivity contribution is -0.145. The van der Waals surface area contributed by atoms with Gasteiger partial charge in [0.15, 0.2) is 0 Å². The molecule has 0 saturated carbocycles. The third-order valence-electron chi connectivity index (χ3n) is 2.98. The zero-order chi connectivity index (χ0) is 12.3. The first-order valence-corrected chi connectivity index (χ1v) is 5.54. The van der Waals surface area contributed by atoms with Gasteiger partial charge in [-0.05, 0) is 12.5 Å². The molecule has 1 fully saturated rings. The monoisotopic (exact) mass is 237 g/mol. The van der Waals surface area contributed by atoms with Crippen LogP contribution in [0.2, 0.25) is 0 Å². The maximum Gasteiger partial charge on any atom is 0.310 e.